The van der Waals surface area contributed by atoms with Crippen LogP contribution in [0, 0.1) is 5.92 Å². The van der Waals surface area contributed by atoms with Crippen molar-refractivity contribution in [3.05, 3.63) is 72.1 Å². The average Bonchev–Trinajstić information content (AvgIpc) is 1.66. The molecule has 14 amide bonds. The molecule has 16 atom stereocenters. The molecular formula is C75H117N23O15. The van der Waals surface area contributed by atoms with Gasteiger partial charge in [0.2, 0.25) is 82.7 Å². The van der Waals surface area contributed by atoms with Crippen LogP contribution >= 0.6 is 0 Å². The first kappa shape index (κ1) is 90.0. The Morgan fingerprint density at radius 3 is 1.16 bits per heavy atom. The third-order valence-electron chi connectivity index (χ3n) is 20.8. The molecule has 7 rings (SSSR count). The van der Waals surface area contributed by atoms with Crippen LogP contribution in [-0.4, -0.2) is 257 Å². The molecule has 622 valence electrons. The fourth-order valence-corrected chi connectivity index (χ4v) is 14.2. The topological polar surface area (TPSA) is 624 Å². The van der Waals surface area contributed by atoms with Gasteiger partial charge >= 0.3 is 0 Å². The molecule has 113 heavy (non-hydrogen) atoms. The van der Waals surface area contributed by atoms with Gasteiger partial charge in [-0.1, -0.05) is 56.7 Å². The number of nitrogens with one attached hydrogen (secondary N) is 14. The molecule has 3 saturated heterocycles. The summed E-state index contributed by atoms with van der Waals surface area (Å²) in [7, 11) is 0. The van der Waals surface area contributed by atoms with Crippen molar-refractivity contribution in [3.63, 3.8) is 0 Å². The monoisotopic (exact) mass is 1580 g/mol. The maximum atomic E-state index is 15.0. The summed E-state index contributed by atoms with van der Waals surface area (Å²) in [4.78, 5) is 214. The van der Waals surface area contributed by atoms with E-state index in [4.69, 9.17) is 40.1 Å². The molecule has 2 aromatic heterocycles. The first-order chi connectivity index (χ1) is 54.1. The Hall–Kier alpha value is -10.2. The molecule has 3 aliphatic rings. The predicted molar refractivity (Wildman–Crippen MR) is 418 cm³/mol. The number of carbonyl (C=O) groups excluding carboxylic acids is 14. The van der Waals surface area contributed by atoms with Gasteiger partial charge in [0.25, 0.3) is 0 Å². The van der Waals surface area contributed by atoms with Crippen molar-refractivity contribution in [2.75, 3.05) is 58.9 Å². The molecule has 3 aliphatic heterocycles. The maximum absolute atomic E-state index is 15.0. The van der Waals surface area contributed by atoms with E-state index in [0.29, 0.717) is 52.2 Å². The number of para-hydroxylation sites is 2. The number of nitrogens with two attached hydrogens (primary N) is 7. The van der Waals surface area contributed by atoms with Crippen LogP contribution in [0.25, 0.3) is 21.8 Å². The van der Waals surface area contributed by atoms with Crippen molar-refractivity contribution in [3.8, 4) is 0 Å². The fraction of sp³-hybridized carbons (Fsp3) is 0.600. The molecule has 0 bridgehead atoms. The summed E-state index contributed by atoms with van der Waals surface area (Å²) in [6, 6.07) is -5.80. The lowest BCUT2D eigenvalue weighted by Gasteiger charge is -2.34. The Morgan fingerprint density at radius 1 is 0.381 bits per heavy atom. The molecule has 3 fully saturated rings. The Kier molecular flexibility index (Phi) is 35.3. The molecule has 0 aliphatic carbocycles. The summed E-state index contributed by atoms with van der Waals surface area (Å²) < 4.78 is 0. The van der Waals surface area contributed by atoms with E-state index in [1.807, 2.05) is 0 Å². The lowest BCUT2D eigenvalue weighted by Crippen LogP contribution is -2.62. The quantitative estimate of drug-likeness (QED) is 0.0307. The van der Waals surface area contributed by atoms with Crippen LogP contribution in [0.1, 0.15) is 129 Å². The fourth-order valence-electron chi connectivity index (χ4n) is 14.2. The smallest absolute Gasteiger partial charge is 0.246 e. The second-order valence-corrected chi connectivity index (χ2v) is 29.1. The summed E-state index contributed by atoms with van der Waals surface area (Å²) in [6.07, 6.45) is 1.87. The standard InChI is InChI=1S/C75H117N23O15/c1-5-40(2)60-72(110)91-54(25-32-81)67(105)86-49(18-10-11-27-76)64(102)88-51(22-29-78)65(103)89-53(24-31-80)68(106)93-56(36-43-38-83-47-16-8-6-14-45(43)47)69(107)90-52(23-30-79)66(104)87-50(21-28-77)63(101)85-41(3)62(100)92-55(26-33-82)74(112)98-35-13-20-59(98)75(113)97-34-12-19-58(97)71(109)96-61(42(4)99)73(111)94-57(70(108)95-60)37-44-39-84-48-17-9-7-15-46(44)48/h6-9,14-17,38-42,49-61,83-84,99H,5,10-13,18-37,76-82H2,1-4H3,(H,85,101)(H,86,105)(H,87,104)(H,88,102)(H,89,103)(H,90,107)(H,91,110)(H,92,100)(H,93,106)(H,94,111)(H,95,108)(H,96,109)/t40-,41-,42+,49-,50-,51+,52-,53-,54-,55-,56-,57-,58-,59+,60-,61-/m0/s1. The molecule has 0 saturated carbocycles. The van der Waals surface area contributed by atoms with E-state index in [-0.39, 0.29) is 142 Å². The Bertz CT molecular complexity index is 3950. The SMILES string of the molecule is CC[C@H](C)[C@@H]1NC(=O)[C@H](Cc2c[nH]c3ccccc23)NC(=O)[C@H]([C@@H](C)O)NC(=O)[C@@H]2CCCN2C(=O)[C@H]2CCCN2C(=O)[C@H](CCN)NC(=O)[C@H](C)NC(=O)[C@H](CCN)NC(=O)[C@H](CCN)NC(=O)[C@H](Cc2c[nH]c3ccccc23)NC(=O)[C@H](CCN)NC(=O)[C@@H](CCN)NC(=O)[C@H](CCCCN)NC(=O)[C@H](CCN)NC1=O. The number of aliphatic hydroxyl groups is 1. The van der Waals surface area contributed by atoms with Crippen molar-refractivity contribution in [2.45, 2.75) is 221 Å². The van der Waals surface area contributed by atoms with Gasteiger partial charge in [0, 0.05) is 60.1 Å². The van der Waals surface area contributed by atoms with E-state index in [1.165, 1.54) is 23.6 Å². The van der Waals surface area contributed by atoms with Crippen LogP contribution in [0.2, 0.25) is 0 Å². The van der Waals surface area contributed by atoms with Crippen LogP contribution in [0.3, 0.4) is 0 Å². The second kappa shape index (κ2) is 44.3. The highest BCUT2D eigenvalue weighted by Crippen LogP contribution is 2.28. The molecule has 38 nitrogen and oxygen atoms in total. The number of nitrogens with zero attached hydrogens (tertiary/aromatic N) is 2. The third kappa shape index (κ3) is 24.6. The van der Waals surface area contributed by atoms with Crippen LogP contribution < -0.4 is 104 Å². The van der Waals surface area contributed by atoms with Gasteiger partial charge in [-0.25, -0.2) is 0 Å². The van der Waals surface area contributed by atoms with Crippen LogP contribution in [0.15, 0.2) is 60.9 Å². The Labute approximate surface area is 655 Å². The van der Waals surface area contributed by atoms with Crippen LogP contribution in [0.5, 0.6) is 0 Å². The number of amides is 14. The number of fused-ring (bicyclic) bond motifs is 4. The molecule has 29 N–H and O–H groups in total. The first-order valence-corrected chi connectivity index (χ1v) is 39.1. The van der Waals surface area contributed by atoms with Gasteiger partial charge in [0.05, 0.1) is 6.10 Å². The van der Waals surface area contributed by atoms with Gasteiger partial charge in [0.1, 0.15) is 84.6 Å². The predicted octanol–water partition coefficient (Wildman–Crippen LogP) is -6.08. The molecule has 5 heterocycles. The van der Waals surface area contributed by atoms with Crippen LogP contribution in [-0.2, 0) is 80.0 Å². The van der Waals surface area contributed by atoms with E-state index in [1.54, 1.807) is 74.8 Å². The number of hydrogen-bond donors (Lipinski definition) is 22. The molecular weight excluding hydrogens is 1460 g/mol. The summed E-state index contributed by atoms with van der Waals surface area (Å²) in [5.74, 6) is -12.8. The minimum atomic E-state index is -1.75. The largest absolute Gasteiger partial charge is 0.391 e. The van der Waals surface area contributed by atoms with Gasteiger partial charge in [-0.3, -0.25) is 67.1 Å². The third-order valence-corrected chi connectivity index (χ3v) is 20.8. The van der Waals surface area contributed by atoms with Crippen LogP contribution in [0.4, 0.5) is 0 Å². The molecule has 0 spiro atoms. The number of benzene rings is 2. The number of unbranched alkanes of at least 4 members (excludes halogenated alkanes) is 1. The van der Waals surface area contributed by atoms with Gasteiger partial charge in [-0.15, -0.1) is 0 Å². The zero-order chi connectivity index (χ0) is 82.6. The summed E-state index contributed by atoms with van der Waals surface area (Å²) in [5.41, 5.74) is 44.5. The zero-order valence-electron chi connectivity index (χ0n) is 64.8. The van der Waals surface area contributed by atoms with E-state index < -0.39 is 179 Å². The number of aliphatic hydroxyl groups excluding tert-OH is 1. The minimum Gasteiger partial charge on any atom is -0.391 e. The van der Waals surface area contributed by atoms with Gasteiger partial charge in [0.15, 0.2) is 0 Å². The van der Waals surface area contributed by atoms with Crippen molar-refractivity contribution >= 4 is 105 Å². The molecule has 2 aromatic carbocycles. The summed E-state index contributed by atoms with van der Waals surface area (Å²) >= 11 is 0. The Balaban J connectivity index is 1.24. The highest BCUT2D eigenvalue weighted by molar-refractivity contribution is 6.02. The summed E-state index contributed by atoms with van der Waals surface area (Å²) in [5, 5.41) is 44.6. The molecule has 38 heteroatoms. The zero-order valence-corrected chi connectivity index (χ0v) is 64.8. The Morgan fingerprint density at radius 2 is 0.726 bits per heavy atom. The lowest BCUT2D eigenvalue weighted by molar-refractivity contribution is -0.148. The first-order valence-electron chi connectivity index (χ1n) is 39.1. The van der Waals surface area contributed by atoms with Gasteiger partial charge in [-0.2, -0.15) is 0 Å². The number of aromatic nitrogens is 2. The minimum absolute atomic E-state index is 0.0453. The number of hydrogen-bond acceptors (Lipinski definition) is 22. The van der Waals surface area contributed by atoms with E-state index in [9.17, 15) is 67.4 Å². The average molecular weight is 1580 g/mol. The van der Waals surface area contributed by atoms with E-state index >= 15 is 4.79 Å². The lowest BCUT2D eigenvalue weighted by atomic mass is 9.96. The maximum Gasteiger partial charge on any atom is 0.246 e. The van der Waals surface area contributed by atoms with Crippen molar-refractivity contribution in [1.29, 1.82) is 0 Å². The highest BCUT2D eigenvalue weighted by Gasteiger charge is 2.46. The molecule has 0 unspecified atom stereocenters. The van der Waals surface area contributed by atoms with Gasteiger partial charge in [-0.05, 0) is 172 Å². The van der Waals surface area contributed by atoms with E-state index in [2.05, 4.69) is 73.8 Å². The normalized spacial score (nSPS) is 26.8. The highest BCUT2D eigenvalue weighted by atomic mass is 16.3. The van der Waals surface area contributed by atoms with Crippen molar-refractivity contribution < 1.29 is 72.2 Å². The molecule has 4 aromatic rings. The van der Waals surface area contributed by atoms with Crippen molar-refractivity contribution in [1.82, 2.24) is 83.6 Å². The van der Waals surface area contributed by atoms with Gasteiger partial charge < -0.3 is 129 Å². The number of H-pyrrole nitrogens is 2. The summed E-state index contributed by atoms with van der Waals surface area (Å²) in [6.45, 7) is 5.24. The van der Waals surface area contributed by atoms with Crippen molar-refractivity contribution in [2.24, 2.45) is 46.1 Å². The number of rotatable bonds is 23. The number of aromatic amines is 2. The molecule has 0 radical (unpaired) electrons. The second-order valence-electron chi connectivity index (χ2n) is 29.1. The van der Waals surface area contributed by atoms with E-state index in [0.717, 1.165) is 0 Å². The number of carbonyl (C=O) groups is 14.